The van der Waals surface area contributed by atoms with Gasteiger partial charge < -0.3 is 0 Å². The van der Waals surface area contributed by atoms with Gasteiger partial charge in [-0.1, -0.05) is 44.5 Å². The van der Waals surface area contributed by atoms with E-state index in [4.69, 9.17) is 11.6 Å². The molecule has 0 aliphatic carbocycles. The zero-order valence-electron chi connectivity index (χ0n) is 11.7. The second kappa shape index (κ2) is 5.59. The molecule has 1 heterocycles. The summed E-state index contributed by atoms with van der Waals surface area (Å²) in [5.41, 5.74) is 0.947. The summed E-state index contributed by atoms with van der Waals surface area (Å²) >= 11 is 5.87. The third-order valence-corrected chi connectivity index (χ3v) is 3.04. The van der Waals surface area contributed by atoms with E-state index in [1.165, 1.54) is 12.7 Å². The van der Waals surface area contributed by atoms with E-state index < -0.39 is 5.41 Å². The van der Waals surface area contributed by atoms with Crippen molar-refractivity contribution in [3.8, 4) is 0 Å². The van der Waals surface area contributed by atoms with Crippen LogP contribution in [0.25, 0.3) is 11.8 Å². The number of ketones is 1. The number of Topliss-reactive ketones (excluding diaryl/α,β-unsaturated/α-hetero) is 1. The van der Waals surface area contributed by atoms with Gasteiger partial charge in [-0.2, -0.15) is 0 Å². The summed E-state index contributed by atoms with van der Waals surface area (Å²) in [6.45, 7) is 5.65. The number of nitrogens with zero attached hydrogens (tertiary/aromatic N) is 3. The van der Waals surface area contributed by atoms with Crippen LogP contribution in [-0.2, 0) is 4.79 Å². The number of benzene rings is 1. The predicted molar refractivity (Wildman–Crippen MR) is 80.1 cm³/mol. The van der Waals surface area contributed by atoms with Gasteiger partial charge in [0.25, 0.3) is 0 Å². The van der Waals surface area contributed by atoms with Gasteiger partial charge in [-0.15, -0.1) is 10.2 Å². The van der Waals surface area contributed by atoms with E-state index in [1.54, 1.807) is 16.7 Å². The fourth-order valence-electron chi connectivity index (χ4n) is 1.68. The first kappa shape index (κ1) is 14.5. The van der Waals surface area contributed by atoms with E-state index in [0.29, 0.717) is 10.7 Å². The molecule has 0 fully saturated rings. The molecule has 0 amide bonds. The summed E-state index contributed by atoms with van der Waals surface area (Å²) in [6.07, 6.45) is 4.85. The van der Waals surface area contributed by atoms with Gasteiger partial charge >= 0.3 is 0 Å². The van der Waals surface area contributed by atoms with Crippen LogP contribution in [0.5, 0.6) is 0 Å². The van der Waals surface area contributed by atoms with Gasteiger partial charge in [-0.3, -0.25) is 9.36 Å². The molecule has 0 saturated carbocycles. The van der Waals surface area contributed by atoms with Crippen molar-refractivity contribution in [3.05, 3.63) is 47.5 Å². The van der Waals surface area contributed by atoms with E-state index in [9.17, 15) is 4.79 Å². The van der Waals surface area contributed by atoms with Crippen LogP contribution in [0, 0.1) is 5.41 Å². The fourth-order valence-corrected chi connectivity index (χ4v) is 1.81. The molecular formula is C15H16ClN3O. The molecule has 0 N–H and O–H groups in total. The first-order valence-electron chi connectivity index (χ1n) is 6.25. The van der Waals surface area contributed by atoms with Gasteiger partial charge in [0.15, 0.2) is 5.78 Å². The standard InChI is InChI=1S/C15H16ClN3O/c1-15(2,3)14(20)13(19-9-17-18-10-19)8-11-4-6-12(16)7-5-11/h4-10H,1-3H3/b13-8+. The molecule has 0 saturated heterocycles. The van der Waals surface area contributed by atoms with Crippen LogP contribution in [0.2, 0.25) is 5.02 Å². The van der Waals surface area contributed by atoms with Gasteiger partial charge in [0, 0.05) is 10.4 Å². The number of halogens is 1. The minimum absolute atomic E-state index is 0.0206. The van der Waals surface area contributed by atoms with Gasteiger partial charge in [0.1, 0.15) is 12.7 Å². The molecule has 4 nitrogen and oxygen atoms in total. The number of allylic oxidation sites excluding steroid dienone is 1. The Labute approximate surface area is 123 Å². The molecule has 0 unspecified atom stereocenters. The van der Waals surface area contributed by atoms with Crippen molar-refractivity contribution >= 4 is 29.2 Å². The SMILES string of the molecule is CC(C)(C)C(=O)/C(=C\c1ccc(Cl)cc1)n1cnnc1. The highest BCUT2D eigenvalue weighted by Gasteiger charge is 2.26. The smallest absolute Gasteiger partial charge is 0.184 e. The third kappa shape index (κ3) is 3.33. The molecule has 0 aliphatic heterocycles. The Kier molecular flexibility index (Phi) is 4.04. The zero-order chi connectivity index (χ0) is 14.8. The van der Waals surface area contributed by atoms with Crippen molar-refractivity contribution < 1.29 is 4.79 Å². The Morgan fingerprint density at radius 3 is 2.20 bits per heavy atom. The van der Waals surface area contributed by atoms with Crippen LogP contribution in [0.15, 0.2) is 36.9 Å². The molecule has 0 bridgehead atoms. The Hall–Kier alpha value is -1.94. The Bertz CT molecular complexity index is 622. The molecule has 2 rings (SSSR count). The van der Waals surface area contributed by atoms with Crippen LogP contribution in [0.1, 0.15) is 26.3 Å². The van der Waals surface area contributed by atoms with Gasteiger partial charge in [-0.25, -0.2) is 0 Å². The van der Waals surface area contributed by atoms with Crippen LogP contribution >= 0.6 is 11.6 Å². The van der Waals surface area contributed by atoms with Gasteiger partial charge in [0.2, 0.25) is 0 Å². The minimum atomic E-state index is -0.484. The summed E-state index contributed by atoms with van der Waals surface area (Å²) in [5, 5.41) is 8.19. The second-order valence-electron chi connectivity index (χ2n) is 5.53. The van der Waals surface area contributed by atoms with Crippen molar-refractivity contribution in [2.45, 2.75) is 20.8 Å². The number of rotatable bonds is 3. The summed E-state index contributed by atoms with van der Waals surface area (Å²) < 4.78 is 1.63. The minimum Gasteiger partial charge on any atom is -0.292 e. The highest BCUT2D eigenvalue weighted by molar-refractivity contribution is 6.30. The maximum Gasteiger partial charge on any atom is 0.184 e. The molecule has 1 aromatic heterocycles. The summed E-state index contributed by atoms with van der Waals surface area (Å²) in [4.78, 5) is 12.6. The molecule has 0 aliphatic rings. The number of aromatic nitrogens is 3. The highest BCUT2D eigenvalue weighted by atomic mass is 35.5. The number of hydrogen-bond donors (Lipinski definition) is 0. The third-order valence-electron chi connectivity index (χ3n) is 2.78. The zero-order valence-corrected chi connectivity index (χ0v) is 12.4. The van der Waals surface area contributed by atoms with Crippen LogP contribution in [0.3, 0.4) is 0 Å². The quantitative estimate of drug-likeness (QED) is 0.812. The Balaban J connectivity index is 2.47. The average molecular weight is 290 g/mol. The largest absolute Gasteiger partial charge is 0.292 e. The van der Waals surface area contributed by atoms with Crippen molar-refractivity contribution in [1.29, 1.82) is 0 Å². The molecule has 0 atom stereocenters. The summed E-state index contributed by atoms with van der Waals surface area (Å²) in [5.74, 6) is 0.0206. The monoisotopic (exact) mass is 289 g/mol. The molecule has 1 aromatic carbocycles. The lowest BCUT2D eigenvalue weighted by molar-refractivity contribution is -0.120. The second-order valence-corrected chi connectivity index (χ2v) is 5.97. The molecule has 0 spiro atoms. The molecule has 5 heteroatoms. The predicted octanol–water partition coefficient (Wildman–Crippen LogP) is 3.54. The van der Waals surface area contributed by atoms with E-state index in [2.05, 4.69) is 10.2 Å². The maximum absolute atomic E-state index is 12.6. The first-order chi connectivity index (χ1) is 9.38. The van der Waals surface area contributed by atoms with Crippen LogP contribution < -0.4 is 0 Å². The molecule has 0 radical (unpaired) electrons. The molecule has 2 aromatic rings. The van der Waals surface area contributed by atoms with Crippen LogP contribution in [0.4, 0.5) is 0 Å². The normalized spacial score (nSPS) is 12.5. The highest BCUT2D eigenvalue weighted by Crippen LogP contribution is 2.24. The maximum atomic E-state index is 12.6. The van der Waals surface area contributed by atoms with E-state index in [1.807, 2.05) is 39.0 Å². The lowest BCUT2D eigenvalue weighted by atomic mass is 9.88. The first-order valence-corrected chi connectivity index (χ1v) is 6.63. The van der Waals surface area contributed by atoms with E-state index in [0.717, 1.165) is 5.56 Å². The Morgan fingerprint density at radius 2 is 1.70 bits per heavy atom. The van der Waals surface area contributed by atoms with Crippen molar-refractivity contribution in [3.63, 3.8) is 0 Å². The molecule has 104 valence electrons. The topological polar surface area (TPSA) is 47.8 Å². The van der Waals surface area contributed by atoms with Crippen molar-refractivity contribution in [1.82, 2.24) is 14.8 Å². The van der Waals surface area contributed by atoms with Crippen LogP contribution in [-0.4, -0.2) is 20.5 Å². The van der Waals surface area contributed by atoms with E-state index >= 15 is 0 Å². The number of carbonyl (C=O) groups is 1. The molecule has 20 heavy (non-hydrogen) atoms. The Morgan fingerprint density at radius 1 is 1.15 bits per heavy atom. The summed E-state index contributed by atoms with van der Waals surface area (Å²) in [6, 6.07) is 7.31. The van der Waals surface area contributed by atoms with Crippen molar-refractivity contribution in [2.24, 2.45) is 5.41 Å². The average Bonchev–Trinajstić information content (AvgIpc) is 2.90. The summed E-state index contributed by atoms with van der Waals surface area (Å²) in [7, 11) is 0. The van der Waals surface area contributed by atoms with E-state index in [-0.39, 0.29) is 5.78 Å². The molecular weight excluding hydrogens is 274 g/mol. The lowest BCUT2D eigenvalue weighted by Gasteiger charge is -2.19. The van der Waals surface area contributed by atoms with Gasteiger partial charge in [-0.05, 0) is 23.8 Å². The number of carbonyl (C=O) groups excluding carboxylic acids is 1. The number of hydrogen-bond acceptors (Lipinski definition) is 3. The van der Waals surface area contributed by atoms with Gasteiger partial charge in [0.05, 0.1) is 5.70 Å². The fraction of sp³-hybridized carbons (Fsp3) is 0.267. The van der Waals surface area contributed by atoms with Crippen molar-refractivity contribution in [2.75, 3.05) is 0 Å². The lowest BCUT2D eigenvalue weighted by Crippen LogP contribution is -2.23.